The van der Waals surface area contributed by atoms with Crippen molar-refractivity contribution in [1.29, 1.82) is 5.26 Å². The molecule has 9 heteroatoms. The van der Waals surface area contributed by atoms with E-state index in [9.17, 15) is 14.3 Å². The number of halogens is 1. The van der Waals surface area contributed by atoms with Gasteiger partial charge in [-0.2, -0.15) is 5.26 Å². The molecular weight excluding hydrogens is 365 g/mol. The molecule has 1 aliphatic heterocycles. The molecular formula is C19H16FN5O3. The van der Waals surface area contributed by atoms with Crippen LogP contribution < -0.4 is 11.1 Å². The molecule has 1 atom stereocenters. The monoisotopic (exact) mass is 381 g/mol. The van der Waals surface area contributed by atoms with E-state index in [-0.39, 0.29) is 23.0 Å². The van der Waals surface area contributed by atoms with E-state index in [4.69, 9.17) is 15.7 Å². The van der Waals surface area contributed by atoms with Gasteiger partial charge in [0.05, 0.1) is 5.56 Å². The number of amides is 1. The summed E-state index contributed by atoms with van der Waals surface area (Å²) in [4.78, 5) is 20.4. The first kappa shape index (κ1) is 19.0. The number of aromatic nitrogens is 1. The quantitative estimate of drug-likeness (QED) is 0.739. The summed E-state index contributed by atoms with van der Waals surface area (Å²) in [5.41, 5.74) is 5.29. The predicted octanol–water partition coefficient (Wildman–Crippen LogP) is 1.78. The van der Waals surface area contributed by atoms with Crippen molar-refractivity contribution < 1.29 is 19.0 Å². The van der Waals surface area contributed by atoms with Crippen LogP contribution in [0.15, 0.2) is 53.4 Å². The molecule has 0 saturated carbocycles. The number of nitrogens with two attached hydrogens (primary N) is 1. The number of aliphatic hydroxyl groups excluding tert-OH is 1. The van der Waals surface area contributed by atoms with E-state index in [1.165, 1.54) is 42.6 Å². The molecule has 0 unspecified atom stereocenters. The van der Waals surface area contributed by atoms with E-state index < -0.39 is 23.9 Å². The molecule has 0 saturated heterocycles. The number of hydrogen-bond donors (Lipinski definition) is 3. The standard InChI is InChI=1S/C19H16FN5O3/c1-19(7-13(10-26)28-18(22)25-19)14-6-12(3-4-15(14)20)24-17(27)16-5-2-11(8-21)9-23-16/h2-7,9,26H,10H2,1H3,(H2,22,25)(H,24,27)/t19-/m0/s1. The van der Waals surface area contributed by atoms with Crippen molar-refractivity contribution in [1.82, 2.24) is 4.98 Å². The van der Waals surface area contributed by atoms with Gasteiger partial charge in [-0.15, -0.1) is 0 Å². The number of rotatable bonds is 4. The highest BCUT2D eigenvalue weighted by Gasteiger charge is 2.32. The summed E-state index contributed by atoms with van der Waals surface area (Å²) in [6.45, 7) is 1.18. The van der Waals surface area contributed by atoms with E-state index in [0.717, 1.165) is 0 Å². The van der Waals surface area contributed by atoms with Crippen LogP contribution in [0.5, 0.6) is 0 Å². The molecule has 2 heterocycles. The maximum atomic E-state index is 14.5. The van der Waals surface area contributed by atoms with Gasteiger partial charge in [-0.3, -0.25) is 4.79 Å². The lowest BCUT2D eigenvalue weighted by atomic mass is 9.90. The van der Waals surface area contributed by atoms with Crippen LogP contribution in [-0.2, 0) is 10.3 Å². The zero-order valence-electron chi connectivity index (χ0n) is 14.8. The number of carbonyl (C=O) groups excluding carboxylic acids is 1. The number of carbonyl (C=O) groups is 1. The van der Waals surface area contributed by atoms with Crippen LogP contribution >= 0.6 is 0 Å². The van der Waals surface area contributed by atoms with Gasteiger partial charge in [-0.1, -0.05) is 0 Å². The van der Waals surface area contributed by atoms with Crippen molar-refractivity contribution in [2.75, 3.05) is 11.9 Å². The van der Waals surface area contributed by atoms with E-state index in [0.29, 0.717) is 11.3 Å². The van der Waals surface area contributed by atoms with Crippen molar-refractivity contribution in [3.8, 4) is 6.07 Å². The third kappa shape index (κ3) is 3.82. The van der Waals surface area contributed by atoms with Gasteiger partial charge in [0.15, 0.2) is 0 Å². The number of aliphatic imine (C=N–C) groups is 1. The number of aliphatic hydroxyl groups is 1. The maximum absolute atomic E-state index is 14.5. The first-order chi connectivity index (χ1) is 13.3. The number of anilines is 1. The van der Waals surface area contributed by atoms with Gasteiger partial charge in [-0.25, -0.2) is 14.4 Å². The lowest BCUT2D eigenvalue weighted by molar-refractivity contribution is 0.102. The molecule has 28 heavy (non-hydrogen) atoms. The first-order valence-corrected chi connectivity index (χ1v) is 8.18. The van der Waals surface area contributed by atoms with Crippen LogP contribution in [0.1, 0.15) is 28.5 Å². The van der Waals surface area contributed by atoms with Gasteiger partial charge >= 0.3 is 0 Å². The molecule has 3 rings (SSSR count). The SMILES string of the molecule is C[C@@]1(c2cc(NC(=O)c3ccc(C#N)cn3)ccc2F)C=C(CO)OC(N)=N1. The van der Waals surface area contributed by atoms with Gasteiger partial charge < -0.3 is 20.9 Å². The van der Waals surface area contributed by atoms with Crippen molar-refractivity contribution in [3.05, 3.63) is 71.0 Å². The summed E-state index contributed by atoms with van der Waals surface area (Å²) >= 11 is 0. The molecule has 0 spiro atoms. The second-order valence-electron chi connectivity index (χ2n) is 6.16. The number of benzene rings is 1. The van der Waals surface area contributed by atoms with Crippen LogP contribution in [0.3, 0.4) is 0 Å². The topological polar surface area (TPSA) is 134 Å². The number of nitrogens with zero attached hydrogens (tertiary/aromatic N) is 3. The van der Waals surface area contributed by atoms with Crippen molar-refractivity contribution in [3.63, 3.8) is 0 Å². The molecule has 1 aromatic carbocycles. The number of nitriles is 1. The fourth-order valence-electron chi connectivity index (χ4n) is 2.76. The van der Waals surface area contributed by atoms with Crippen LogP contribution in [-0.4, -0.2) is 28.6 Å². The minimum absolute atomic E-state index is 0.104. The lowest BCUT2D eigenvalue weighted by Crippen LogP contribution is -2.31. The second-order valence-corrected chi connectivity index (χ2v) is 6.16. The van der Waals surface area contributed by atoms with Gasteiger partial charge in [0.2, 0.25) is 0 Å². The molecule has 0 radical (unpaired) electrons. The van der Waals surface area contributed by atoms with Crippen molar-refractivity contribution in [2.45, 2.75) is 12.5 Å². The number of pyridine rings is 1. The molecule has 4 N–H and O–H groups in total. The Kier molecular flexibility index (Phi) is 5.06. The molecule has 0 bridgehead atoms. The van der Waals surface area contributed by atoms with Crippen molar-refractivity contribution in [2.24, 2.45) is 10.7 Å². The van der Waals surface area contributed by atoms with Crippen LogP contribution in [0.2, 0.25) is 0 Å². The Hall–Kier alpha value is -3.77. The third-order valence-corrected chi connectivity index (χ3v) is 4.07. The molecule has 1 amide bonds. The summed E-state index contributed by atoms with van der Waals surface area (Å²) in [6, 6.07) is 8.61. The molecule has 1 aliphatic rings. The number of hydrogen-bond acceptors (Lipinski definition) is 7. The van der Waals surface area contributed by atoms with Crippen LogP contribution in [0.4, 0.5) is 10.1 Å². The fraction of sp³-hybridized carbons (Fsp3) is 0.158. The average Bonchev–Trinajstić information content (AvgIpc) is 2.68. The Labute approximate surface area is 159 Å². The van der Waals surface area contributed by atoms with Gasteiger partial charge in [0.25, 0.3) is 11.9 Å². The number of amidine groups is 1. The summed E-state index contributed by atoms with van der Waals surface area (Å²) < 4.78 is 19.6. The smallest absolute Gasteiger partial charge is 0.288 e. The molecule has 2 aromatic rings. The third-order valence-electron chi connectivity index (χ3n) is 4.07. The van der Waals surface area contributed by atoms with Crippen molar-refractivity contribution >= 4 is 17.6 Å². The summed E-state index contributed by atoms with van der Waals surface area (Å²) in [6.07, 6.45) is 2.74. The second kappa shape index (κ2) is 7.46. The predicted molar refractivity (Wildman–Crippen MR) is 98.5 cm³/mol. The highest BCUT2D eigenvalue weighted by molar-refractivity contribution is 6.02. The van der Waals surface area contributed by atoms with E-state index >= 15 is 0 Å². The minimum Gasteiger partial charge on any atom is -0.429 e. The Morgan fingerprint density at radius 3 is 2.86 bits per heavy atom. The van der Waals surface area contributed by atoms with E-state index in [2.05, 4.69) is 15.3 Å². The normalized spacial score (nSPS) is 18.4. The summed E-state index contributed by atoms with van der Waals surface area (Å²) in [7, 11) is 0. The molecule has 8 nitrogen and oxygen atoms in total. The van der Waals surface area contributed by atoms with Gasteiger partial charge in [0, 0.05) is 17.4 Å². The first-order valence-electron chi connectivity index (χ1n) is 8.18. The number of nitrogens with one attached hydrogen (secondary N) is 1. The Morgan fingerprint density at radius 2 is 2.21 bits per heavy atom. The highest BCUT2D eigenvalue weighted by atomic mass is 19.1. The minimum atomic E-state index is -1.22. The molecule has 142 valence electrons. The highest BCUT2D eigenvalue weighted by Crippen LogP contribution is 2.34. The number of ether oxygens (including phenoxy) is 1. The Morgan fingerprint density at radius 1 is 1.43 bits per heavy atom. The van der Waals surface area contributed by atoms with Crippen LogP contribution in [0.25, 0.3) is 0 Å². The summed E-state index contributed by atoms with van der Waals surface area (Å²) in [5.74, 6) is -0.941. The van der Waals surface area contributed by atoms with Gasteiger partial charge in [-0.05, 0) is 43.3 Å². The molecule has 0 aliphatic carbocycles. The fourth-order valence-corrected chi connectivity index (χ4v) is 2.76. The van der Waals surface area contributed by atoms with E-state index in [1.807, 2.05) is 6.07 Å². The molecule has 1 aromatic heterocycles. The largest absolute Gasteiger partial charge is 0.429 e. The summed E-state index contributed by atoms with van der Waals surface area (Å²) in [5, 5.41) is 20.7. The zero-order chi connectivity index (χ0) is 20.3. The van der Waals surface area contributed by atoms with Gasteiger partial charge in [0.1, 0.15) is 35.5 Å². The Balaban J connectivity index is 1.91. The Bertz CT molecular complexity index is 1030. The van der Waals surface area contributed by atoms with Crippen LogP contribution in [0, 0.1) is 17.1 Å². The molecule has 0 fully saturated rings. The van der Waals surface area contributed by atoms with E-state index in [1.54, 1.807) is 6.92 Å². The maximum Gasteiger partial charge on any atom is 0.288 e. The lowest BCUT2D eigenvalue weighted by Gasteiger charge is -2.28. The zero-order valence-corrected chi connectivity index (χ0v) is 14.8. The average molecular weight is 381 g/mol.